The standard InChI is InChI=1S/C15H14F3O4P/c1-2-20-23(19,21-13-8-4-3-5-9-13)22-14-10-6-7-12(11-14)15(16,17)18/h3-11H,2H2,1H3. The number of phosphoric acid groups is 1. The van der Waals surface area contributed by atoms with Crippen molar-refractivity contribution in [1.82, 2.24) is 0 Å². The molecule has 23 heavy (non-hydrogen) atoms. The summed E-state index contributed by atoms with van der Waals surface area (Å²) in [6.07, 6.45) is -4.53. The molecule has 0 heterocycles. The molecule has 2 aromatic carbocycles. The van der Waals surface area contributed by atoms with Crippen molar-refractivity contribution in [3.63, 3.8) is 0 Å². The van der Waals surface area contributed by atoms with Crippen LogP contribution in [0.2, 0.25) is 0 Å². The Morgan fingerprint density at radius 2 is 1.57 bits per heavy atom. The maximum atomic E-state index is 12.7. The summed E-state index contributed by atoms with van der Waals surface area (Å²) in [5, 5.41) is 0. The average molecular weight is 346 g/mol. The Bertz CT molecular complexity index is 689. The number of hydrogen-bond donors (Lipinski definition) is 0. The third-order valence-corrected chi connectivity index (χ3v) is 4.07. The zero-order valence-corrected chi connectivity index (χ0v) is 13.0. The molecule has 8 heteroatoms. The SMILES string of the molecule is CCOP(=O)(Oc1ccccc1)Oc1cccc(C(F)(F)F)c1. The fourth-order valence-corrected chi connectivity index (χ4v) is 2.91. The molecule has 0 fully saturated rings. The molecule has 124 valence electrons. The van der Waals surface area contributed by atoms with Crippen molar-refractivity contribution < 1.29 is 31.3 Å². The number of halogens is 3. The highest BCUT2D eigenvalue weighted by molar-refractivity contribution is 7.49. The van der Waals surface area contributed by atoms with Crippen molar-refractivity contribution in [2.24, 2.45) is 0 Å². The Kier molecular flexibility index (Phi) is 5.34. The lowest BCUT2D eigenvalue weighted by Gasteiger charge is -2.19. The van der Waals surface area contributed by atoms with Crippen molar-refractivity contribution in [3.05, 3.63) is 60.2 Å². The third-order valence-electron chi connectivity index (χ3n) is 2.63. The second kappa shape index (κ2) is 7.06. The van der Waals surface area contributed by atoms with Gasteiger partial charge in [-0.3, -0.25) is 4.52 Å². The summed E-state index contributed by atoms with van der Waals surface area (Å²) in [4.78, 5) is 0. The number of para-hydroxylation sites is 1. The number of hydrogen-bond acceptors (Lipinski definition) is 4. The largest absolute Gasteiger partial charge is 0.587 e. The van der Waals surface area contributed by atoms with Gasteiger partial charge in [-0.2, -0.15) is 13.2 Å². The minimum absolute atomic E-state index is 0.00305. The molecule has 0 saturated heterocycles. The summed E-state index contributed by atoms with van der Waals surface area (Å²) in [5.41, 5.74) is -0.919. The van der Waals surface area contributed by atoms with E-state index in [2.05, 4.69) is 0 Å². The molecule has 1 unspecified atom stereocenters. The number of phosphoric ester groups is 1. The van der Waals surface area contributed by atoms with Crippen LogP contribution >= 0.6 is 7.82 Å². The van der Waals surface area contributed by atoms with E-state index in [0.29, 0.717) is 0 Å². The first-order valence-electron chi connectivity index (χ1n) is 6.68. The van der Waals surface area contributed by atoms with Crippen LogP contribution in [-0.2, 0) is 15.3 Å². The van der Waals surface area contributed by atoms with E-state index >= 15 is 0 Å². The first-order chi connectivity index (χ1) is 10.8. The molecular formula is C15H14F3O4P. The lowest BCUT2D eigenvalue weighted by molar-refractivity contribution is -0.137. The Morgan fingerprint density at radius 1 is 0.957 bits per heavy atom. The number of benzene rings is 2. The van der Waals surface area contributed by atoms with E-state index in [0.717, 1.165) is 18.2 Å². The first-order valence-corrected chi connectivity index (χ1v) is 8.14. The normalized spacial score (nSPS) is 14.1. The summed E-state index contributed by atoms with van der Waals surface area (Å²) < 4.78 is 66.0. The van der Waals surface area contributed by atoms with Gasteiger partial charge in [-0.05, 0) is 37.3 Å². The average Bonchev–Trinajstić information content (AvgIpc) is 2.47. The summed E-state index contributed by atoms with van der Waals surface area (Å²) in [6, 6.07) is 12.1. The Balaban J connectivity index is 2.24. The quantitative estimate of drug-likeness (QED) is 0.665. The van der Waals surface area contributed by atoms with E-state index in [1.807, 2.05) is 0 Å². The number of rotatable bonds is 6. The van der Waals surface area contributed by atoms with Gasteiger partial charge in [0.05, 0.1) is 12.2 Å². The minimum Gasteiger partial charge on any atom is -0.395 e. The fraction of sp³-hybridized carbons (Fsp3) is 0.200. The van der Waals surface area contributed by atoms with Crippen LogP contribution in [0.1, 0.15) is 12.5 Å². The van der Waals surface area contributed by atoms with E-state index in [-0.39, 0.29) is 18.1 Å². The van der Waals surface area contributed by atoms with Gasteiger partial charge in [-0.15, -0.1) is 0 Å². The van der Waals surface area contributed by atoms with Crippen LogP contribution in [0.25, 0.3) is 0 Å². The summed E-state index contributed by atoms with van der Waals surface area (Å²) >= 11 is 0. The zero-order valence-electron chi connectivity index (χ0n) is 12.1. The van der Waals surface area contributed by atoms with Crippen LogP contribution in [0.3, 0.4) is 0 Å². The van der Waals surface area contributed by atoms with Crippen LogP contribution < -0.4 is 9.05 Å². The molecule has 0 radical (unpaired) electrons. The van der Waals surface area contributed by atoms with Gasteiger partial charge in [0.25, 0.3) is 0 Å². The van der Waals surface area contributed by atoms with Crippen molar-refractivity contribution >= 4 is 7.82 Å². The summed E-state index contributed by atoms with van der Waals surface area (Å²) in [7, 11) is -4.10. The molecule has 2 rings (SSSR count). The van der Waals surface area contributed by atoms with Crippen LogP contribution in [0.15, 0.2) is 54.6 Å². The molecule has 0 aromatic heterocycles. The first kappa shape index (κ1) is 17.4. The van der Waals surface area contributed by atoms with Crippen LogP contribution in [0, 0.1) is 0 Å². The summed E-state index contributed by atoms with van der Waals surface area (Å²) in [6.45, 7) is 1.57. The maximum Gasteiger partial charge on any atom is 0.587 e. The van der Waals surface area contributed by atoms with Gasteiger partial charge >= 0.3 is 14.0 Å². The highest BCUT2D eigenvalue weighted by Crippen LogP contribution is 2.49. The van der Waals surface area contributed by atoms with Crippen molar-refractivity contribution in [2.75, 3.05) is 6.61 Å². The van der Waals surface area contributed by atoms with Crippen LogP contribution in [0.4, 0.5) is 13.2 Å². The van der Waals surface area contributed by atoms with Gasteiger partial charge < -0.3 is 9.05 Å². The molecule has 1 atom stereocenters. The molecule has 0 amide bonds. The Labute approximate surface area is 131 Å². The topological polar surface area (TPSA) is 44.8 Å². The molecule has 0 saturated carbocycles. The second-order valence-electron chi connectivity index (χ2n) is 4.39. The van der Waals surface area contributed by atoms with E-state index < -0.39 is 19.6 Å². The molecule has 0 spiro atoms. The highest BCUT2D eigenvalue weighted by atomic mass is 31.2. The molecule has 0 N–H and O–H groups in total. The van der Waals surface area contributed by atoms with Gasteiger partial charge in [0.2, 0.25) is 0 Å². The fourth-order valence-electron chi connectivity index (χ4n) is 1.70. The molecule has 4 nitrogen and oxygen atoms in total. The maximum absolute atomic E-state index is 12.7. The number of alkyl halides is 3. The van der Waals surface area contributed by atoms with E-state index in [1.54, 1.807) is 25.1 Å². The van der Waals surface area contributed by atoms with Gasteiger partial charge in [0.1, 0.15) is 11.5 Å². The third kappa shape index (κ3) is 5.01. The molecule has 2 aromatic rings. The second-order valence-corrected chi connectivity index (χ2v) is 5.90. The molecule has 0 aliphatic carbocycles. The lowest BCUT2D eigenvalue weighted by Crippen LogP contribution is -2.07. The lowest BCUT2D eigenvalue weighted by atomic mass is 10.2. The van der Waals surface area contributed by atoms with E-state index in [9.17, 15) is 17.7 Å². The summed E-state index contributed by atoms with van der Waals surface area (Å²) in [5.74, 6) is -0.0381. The van der Waals surface area contributed by atoms with Crippen molar-refractivity contribution in [3.8, 4) is 11.5 Å². The van der Waals surface area contributed by atoms with Gasteiger partial charge in [0.15, 0.2) is 0 Å². The minimum atomic E-state index is -4.53. The molecule has 0 bridgehead atoms. The molecule has 0 aliphatic rings. The van der Waals surface area contributed by atoms with Crippen molar-refractivity contribution in [1.29, 1.82) is 0 Å². The zero-order chi connectivity index (χ0) is 16.9. The highest BCUT2D eigenvalue weighted by Gasteiger charge is 2.33. The van der Waals surface area contributed by atoms with E-state index in [1.165, 1.54) is 18.2 Å². The molecular weight excluding hydrogens is 332 g/mol. The van der Waals surface area contributed by atoms with Gasteiger partial charge in [-0.25, -0.2) is 4.57 Å². The molecule has 0 aliphatic heterocycles. The van der Waals surface area contributed by atoms with Gasteiger partial charge in [0, 0.05) is 0 Å². The Morgan fingerprint density at radius 3 is 2.17 bits per heavy atom. The predicted octanol–water partition coefficient (Wildman–Crippen LogP) is 5.31. The Hall–Kier alpha value is -1.98. The monoisotopic (exact) mass is 346 g/mol. The van der Waals surface area contributed by atoms with E-state index in [4.69, 9.17) is 13.6 Å². The smallest absolute Gasteiger partial charge is 0.395 e. The van der Waals surface area contributed by atoms with Crippen LogP contribution in [0.5, 0.6) is 11.5 Å². The predicted molar refractivity (Wildman–Crippen MR) is 78.4 cm³/mol. The van der Waals surface area contributed by atoms with Crippen molar-refractivity contribution in [2.45, 2.75) is 13.1 Å². The van der Waals surface area contributed by atoms with Crippen LogP contribution in [-0.4, -0.2) is 6.61 Å². The van der Waals surface area contributed by atoms with Gasteiger partial charge in [-0.1, -0.05) is 24.3 Å².